The van der Waals surface area contributed by atoms with Crippen molar-refractivity contribution < 1.29 is 9.47 Å². The van der Waals surface area contributed by atoms with Gasteiger partial charge in [0.25, 0.3) is 0 Å². The number of hydrogen-bond acceptors (Lipinski definition) is 4. The Morgan fingerprint density at radius 3 is 2.65 bits per heavy atom. The largest absolute Gasteiger partial charge is 0.359 e. The SMILES string of the molecule is COCOC1CC(c2ccc(Cl)cc2)(c2nnc3n2CCCCCC3)C1. The van der Waals surface area contributed by atoms with Crippen LogP contribution in [0.15, 0.2) is 24.3 Å². The standard InChI is InChI=1S/C20H26ClN3O2/c1-25-14-26-17-12-20(13-17,15-7-9-16(21)10-8-15)19-23-22-18-6-4-2-3-5-11-24(18)19/h7-10,17H,2-6,11-14H2,1H3. The Kier molecular flexibility index (Phi) is 5.30. The van der Waals surface area contributed by atoms with Gasteiger partial charge in [0, 0.05) is 25.1 Å². The Morgan fingerprint density at radius 1 is 1.12 bits per heavy atom. The first-order valence-electron chi connectivity index (χ1n) is 9.52. The highest BCUT2D eigenvalue weighted by atomic mass is 35.5. The first-order valence-corrected chi connectivity index (χ1v) is 9.90. The fraction of sp³-hybridized carbons (Fsp3) is 0.600. The summed E-state index contributed by atoms with van der Waals surface area (Å²) in [5.41, 5.74) is 1.10. The Balaban J connectivity index is 1.69. The molecule has 1 aliphatic heterocycles. The van der Waals surface area contributed by atoms with Gasteiger partial charge < -0.3 is 14.0 Å². The molecule has 2 aliphatic rings. The Labute approximate surface area is 159 Å². The van der Waals surface area contributed by atoms with Gasteiger partial charge in [0.15, 0.2) is 0 Å². The normalized spacial score (nSPS) is 25.8. The van der Waals surface area contributed by atoms with E-state index >= 15 is 0 Å². The quantitative estimate of drug-likeness (QED) is 0.737. The lowest BCUT2D eigenvalue weighted by Gasteiger charge is -2.47. The number of halogens is 1. The second-order valence-corrected chi connectivity index (χ2v) is 7.88. The van der Waals surface area contributed by atoms with Crippen LogP contribution < -0.4 is 0 Å². The molecule has 0 bridgehead atoms. The molecule has 2 heterocycles. The van der Waals surface area contributed by atoms with Crippen LogP contribution in [0.2, 0.25) is 5.02 Å². The van der Waals surface area contributed by atoms with E-state index in [2.05, 4.69) is 26.9 Å². The molecule has 1 aliphatic carbocycles. The minimum absolute atomic E-state index is 0.145. The summed E-state index contributed by atoms with van der Waals surface area (Å²) >= 11 is 6.13. The number of fused-ring (bicyclic) bond motifs is 1. The van der Waals surface area contributed by atoms with Gasteiger partial charge >= 0.3 is 0 Å². The summed E-state index contributed by atoms with van der Waals surface area (Å²) in [6.07, 6.45) is 7.97. The van der Waals surface area contributed by atoms with E-state index in [0.29, 0.717) is 6.79 Å². The van der Waals surface area contributed by atoms with Gasteiger partial charge in [0.05, 0.1) is 11.5 Å². The minimum atomic E-state index is -0.145. The molecule has 0 amide bonds. The summed E-state index contributed by atoms with van der Waals surface area (Å²) in [5.74, 6) is 2.23. The average molecular weight is 376 g/mol. The van der Waals surface area contributed by atoms with Gasteiger partial charge in [0.1, 0.15) is 18.4 Å². The zero-order valence-corrected chi connectivity index (χ0v) is 16.0. The highest BCUT2D eigenvalue weighted by Gasteiger charge is 2.51. The van der Waals surface area contributed by atoms with E-state index in [1.807, 2.05) is 12.1 Å². The molecule has 4 rings (SSSR count). The maximum absolute atomic E-state index is 6.13. The predicted octanol–water partition coefficient (Wildman–Crippen LogP) is 4.12. The molecule has 6 heteroatoms. The third kappa shape index (κ3) is 3.28. The van der Waals surface area contributed by atoms with E-state index in [0.717, 1.165) is 42.5 Å². The lowest BCUT2D eigenvalue weighted by atomic mass is 9.62. The van der Waals surface area contributed by atoms with Gasteiger partial charge in [-0.2, -0.15) is 0 Å². The van der Waals surface area contributed by atoms with Gasteiger partial charge in [-0.05, 0) is 43.4 Å². The molecule has 0 unspecified atom stereocenters. The Hall–Kier alpha value is -1.43. The molecule has 0 saturated heterocycles. The summed E-state index contributed by atoms with van der Waals surface area (Å²) in [6, 6.07) is 8.18. The third-order valence-electron chi connectivity index (χ3n) is 5.76. The summed E-state index contributed by atoms with van der Waals surface area (Å²) in [4.78, 5) is 0. The van der Waals surface area contributed by atoms with Crippen LogP contribution in [0.1, 0.15) is 55.7 Å². The second-order valence-electron chi connectivity index (χ2n) is 7.45. The number of aryl methyl sites for hydroxylation is 1. The monoisotopic (exact) mass is 375 g/mol. The van der Waals surface area contributed by atoms with Crippen LogP contribution in [0, 0.1) is 0 Å². The Bertz CT molecular complexity index is 738. The molecule has 26 heavy (non-hydrogen) atoms. The maximum atomic E-state index is 6.13. The average Bonchev–Trinajstić information content (AvgIpc) is 2.97. The van der Waals surface area contributed by atoms with E-state index in [1.54, 1.807) is 7.11 Å². The van der Waals surface area contributed by atoms with Gasteiger partial charge in [-0.15, -0.1) is 10.2 Å². The van der Waals surface area contributed by atoms with Crippen LogP contribution >= 0.6 is 11.6 Å². The number of aromatic nitrogens is 3. The second kappa shape index (κ2) is 7.67. The van der Waals surface area contributed by atoms with Crippen LogP contribution in [0.25, 0.3) is 0 Å². The third-order valence-corrected chi connectivity index (χ3v) is 6.01. The lowest BCUT2D eigenvalue weighted by molar-refractivity contribution is -0.116. The molecule has 2 aromatic rings. The molecular weight excluding hydrogens is 350 g/mol. The number of benzene rings is 1. The van der Waals surface area contributed by atoms with Crippen molar-refractivity contribution >= 4 is 11.6 Å². The first-order chi connectivity index (χ1) is 12.7. The summed E-state index contributed by atoms with van der Waals surface area (Å²) < 4.78 is 13.3. The van der Waals surface area contributed by atoms with Gasteiger partial charge in [-0.1, -0.05) is 36.6 Å². The van der Waals surface area contributed by atoms with Crippen molar-refractivity contribution in [3.05, 3.63) is 46.5 Å². The number of methoxy groups -OCH3 is 1. The van der Waals surface area contributed by atoms with Crippen LogP contribution in [-0.2, 0) is 27.9 Å². The molecule has 0 radical (unpaired) electrons. The topological polar surface area (TPSA) is 49.2 Å². The lowest BCUT2D eigenvalue weighted by Crippen LogP contribution is -2.49. The van der Waals surface area contributed by atoms with Crippen LogP contribution in [0.4, 0.5) is 0 Å². The maximum Gasteiger partial charge on any atom is 0.146 e. The van der Waals surface area contributed by atoms with E-state index in [4.69, 9.17) is 21.1 Å². The summed E-state index contributed by atoms with van der Waals surface area (Å²) in [5, 5.41) is 10.00. The number of hydrogen-bond donors (Lipinski definition) is 0. The smallest absolute Gasteiger partial charge is 0.146 e. The number of nitrogens with zero attached hydrogens (tertiary/aromatic N) is 3. The van der Waals surface area contributed by atoms with Crippen LogP contribution in [-0.4, -0.2) is 34.8 Å². The van der Waals surface area contributed by atoms with Gasteiger partial charge in [0.2, 0.25) is 0 Å². The molecular formula is C20H26ClN3O2. The molecule has 1 saturated carbocycles. The minimum Gasteiger partial charge on any atom is -0.359 e. The van der Waals surface area contributed by atoms with Crippen LogP contribution in [0.5, 0.6) is 0 Å². The van der Waals surface area contributed by atoms with E-state index < -0.39 is 0 Å². The number of ether oxygens (including phenoxy) is 2. The molecule has 1 fully saturated rings. The van der Waals surface area contributed by atoms with Crippen molar-refractivity contribution in [3.8, 4) is 0 Å². The summed E-state index contributed by atoms with van der Waals surface area (Å²) in [6.45, 7) is 1.34. The molecule has 1 aromatic carbocycles. The molecule has 1 aromatic heterocycles. The Morgan fingerprint density at radius 2 is 1.88 bits per heavy atom. The molecule has 0 spiro atoms. The first kappa shape index (κ1) is 18.0. The van der Waals surface area contributed by atoms with E-state index in [-0.39, 0.29) is 11.5 Å². The van der Waals surface area contributed by atoms with Crippen molar-refractivity contribution in [2.75, 3.05) is 13.9 Å². The zero-order chi connectivity index (χ0) is 18.0. The molecule has 0 atom stereocenters. The highest BCUT2D eigenvalue weighted by Crippen LogP contribution is 2.50. The van der Waals surface area contributed by atoms with Crippen LogP contribution in [0.3, 0.4) is 0 Å². The van der Waals surface area contributed by atoms with Crippen molar-refractivity contribution in [1.29, 1.82) is 0 Å². The number of rotatable bonds is 5. The van der Waals surface area contributed by atoms with E-state index in [9.17, 15) is 0 Å². The molecule has 5 nitrogen and oxygen atoms in total. The van der Waals surface area contributed by atoms with Crippen molar-refractivity contribution in [3.63, 3.8) is 0 Å². The molecule has 0 N–H and O–H groups in total. The molecule has 140 valence electrons. The van der Waals surface area contributed by atoms with Crippen molar-refractivity contribution in [2.45, 2.75) is 63.0 Å². The fourth-order valence-electron chi connectivity index (χ4n) is 4.33. The van der Waals surface area contributed by atoms with Crippen molar-refractivity contribution in [2.24, 2.45) is 0 Å². The zero-order valence-electron chi connectivity index (χ0n) is 15.3. The predicted molar refractivity (Wildman–Crippen MR) is 100 cm³/mol. The van der Waals surface area contributed by atoms with Crippen molar-refractivity contribution in [1.82, 2.24) is 14.8 Å². The highest BCUT2D eigenvalue weighted by molar-refractivity contribution is 6.30. The van der Waals surface area contributed by atoms with E-state index in [1.165, 1.54) is 31.2 Å². The van der Waals surface area contributed by atoms with Gasteiger partial charge in [-0.25, -0.2) is 0 Å². The fourth-order valence-corrected chi connectivity index (χ4v) is 4.46. The van der Waals surface area contributed by atoms with Gasteiger partial charge in [-0.3, -0.25) is 0 Å². The summed E-state index contributed by atoms with van der Waals surface area (Å²) in [7, 11) is 1.66.